The fraction of sp³-hybridized carbons (Fsp3) is 0.207. The first-order valence-electron chi connectivity index (χ1n) is 37.2. The molecule has 0 N–H and O–H groups in total. The number of rotatable bonds is 5. The van der Waals surface area contributed by atoms with E-state index in [9.17, 15) is 0 Å². The Morgan fingerprint density at radius 1 is 0.405 bits per heavy atom. The molecule has 4 aliphatic rings. The van der Waals surface area contributed by atoms with Crippen LogP contribution in [0.15, 0.2) is 223 Å². The predicted molar refractivity (Wildman–Crippen MR) is 466 cm³/mol. The van der Waals surface area contributed by atoms with Crippen molar-refractivity contribution in [1.82, 2.24) is 93.4 Å². The lowest BCUT2D eigenvalue weighted by atomic mass is 9.94. The molecule has 26 nitrogen and oxygen atoms in total. The van der Waals surface area contributed by atoms with E-state index in [1.807, 2.05) is 194 Å². The van der Waals surface area contributed by atoms with Gasteiger partial charge in [0.2, 0.25) is 37.2 Å². The maximum absolute atomic E-state index is 5.65. The fourth-order valence-corrected chi connectivity index (χ4v) is 14.8. The number of amidine groups is 1. The molecule has 0 saturated heterocycles. The summed E-state index contributed by atoms with van der Waals surface area (Å²) >= 11 is 0. The predicted octanol–water partition coefficient (Wildman–Crippen LogP) is 19.4. The summed E-state index contributed by atoms with van der Waals surface area (Å²) in [6.07, 6.45) is 11.5. The van der Waals surface area contributed by atoms with Crippen molar-refractivity contribution < 1.29 is 4.42 Å². The van der Waals surface area contributed by atoms with Gasteiger partial charge in [0, 0.05) is 76.1 Å². The minimum absolute atomic E-state index is 0.360. The zero-order valence-corrected chi connectivity index (χ0v) is 70.2. The minimum atomic E-state index is -0.360. The maximum Gasteiger partial charge on any atom is 0.346 e. The SMILES string of the molecule is CC1=NC2=NC=NC3=NC=NC(=N1)N32.C[p+]1npnpn1.Cc1ccc(-c2nc(-c3ccccc3)nc(-c3ccccc3)n2)c(C)c1C.Cc1cnccn1.Cc1nc(-c2ccccc2)nc(-c2ccccc2)n1.Cc1nc2c(c(C)c1C)C(C)c1cccnc1-2.Cc1nc2oc3ncccc3c2c(C)c1C.Cc1nnc(C)c(C)n1. The molecule has 0 spiro atoms. The molecule has 15 aromatic rings. The Morgan fingerprint density at radius 3 is 1.49 bits per heavy atom. The van der Waals surface area contributed by atoms with E-state index in [1.165, 1.54) is 62.7 Å². The highest BCUT2D eigenvalue weighted by Crippen LogP contribution is 2.45. The number of fused-ring (bicyclic) bond motifs is 6. The van der Waals surface area contributed by atoms with Gasteiger partial charge in [0.15, 0.2) is 29.1 Å². The minimum Gasteiger partial charge on any atom is -0.419 e. The van der Waals surface area contributed by atoms with Gasteiger partial charge in [-0.1, -0.05) is 146 Å². The quantitative estimate of drug-likeness (QED) is 0.154. The van der Waals surface area contributed by atoms with Crippen molar-refractivity contribution in [3.63, 3.8) is 0 Å². The van der Waals surface area contributed by atoms with E-state index in [-0.39, 0.29) is 7.85 Å². The average Bonchev–Trinajstić information content (AvgIpc) is 1.65. The van der Waals surface area contributed by atoms with E-state index in [2.05, 4.69) is 179 Å². The molecule has 578 valence electrons. The first kappa shape index (κ1) is 82.2. The van der Waals surface area contributed by atoms with E-state index < -0.39 is 0 Å². The second-order valence-corrected chi connectivity index (χ2v) is 30.5. The molecule has 0 fully saturated rings. The fourth-order valence-electron chi connectivity index (χ4n) is 12.3. The number of aliphatic imine (C=N–C) groups is 6. The van der Waals surface area contributed by atoms with Crippen molar-refractivity contribution in [1.29, 1.82) is 0 Å². The van der Waals surface area contributed by atoms with Crippen LogP contribution in [-0.2, 0) is 6.66 Å². The molecular weight excluding hydrogens is 1500 g/mol. The van der Waals surface area contributed by atoms with Gasteiger partial charge in [-0.15, -0.1) is 5.10 Å². The molecule has 13 heterocycles. The van der Waals surface area contributed by atoms with Crippen LogP contribution in [0.2, 0.25) is 0 Å². The third kappa shape index (κ3) is 20.2. The molecule has 29 heteroatoms. The smallest absolute Gasteiger partial charge is 0.346 e. The Kier molecular flexibility index (Phi) is 27.3. The standard InChI is InChI=1S/C24H21N3.C16H13N3.C15H16N2.C13H12N2O.C7H5N7.C6H9N3.C5H6N2.CH3N3P3/c1-16-14-15-21(18(3)17(16)2)24-26-22(19-10-6-4-7-11-19)25-23(27-24)20-12-8-5-9-13-20;1-12-17-15(13-8-4-2-5-9-13)19-16(18-12)14-10-6-3-7-11-14;1-8-9(2)13-10(3)12-6-5-7-16-14(12)15(13)17-11(8)4;1-7-8(2)11-10-5-4-6-14-12(10)16-13(11)15-9(7)3;1-4-12-6-10-2-8-5-9-3-11-7(13-4)14(5)6;1-4-5(2)8-9-6(3)7-4;1-5-4-6-2-3-7-5;1-7-3-5-2-6-4-7/h4-15H,1-3H3;2-11H,1H3;5-7,10H,1-4H3;4-6H,1-3H3;2-3H,1H3;1-3H3;2-4H,1H3;1H3/q;;;;;;;+1. The van der Waals surface area contributed by atoms with Gasteiger partial charge in [0.25, 0.3) is 0 Å². The van der Waals surface area contributed by atoms with E-state index in [0.29, 0.717) is 70.2 Å². The Hall–Kier alpha value is -13.3. The Balaban J connectivity index is 0.000000127. The molecule has 5 aromatic carbocycles. The van der Waals surface area contributed by atoms with Crippen molar-refractivity contribution >= 4 is 83.5 Å². The highest BCUT2D eigenvalue weighted by molar-refractivity contribution is 7.52. The second-order valence-electron chi connectivity index (χ2n) is 27.0. The van der Waals surface area contributed by atoms with Crippen LogP contribution < -0.4 is 0 Å². The largest absolute Gasteiger partial charge is 0.419 e. The molecular formula is C87H85N25OP3+. The Bertz CT molecular complexity index is 6040. The number of furan rings is 1. The molecule has 116 heavy (non-hydrogen) atoms. The molecule has 1 unspecified atom stereocenters. The maximum atomic E-state index is 5.65. The van der Waals surface area contributed by atoms with Crippen molar-refractivity contribution in [2.75, 3.05) is 0 Å². The van der Waals surface area contributed by atoms with Gasteiger partial charge in [0.1, 0.15) is 30.2 Å². The van der Waals surface area contributed by atoms with Crippen molar-refractivity contribution in [3.8, 4) is 68.3 Å². The summed E-state index contributed by atoms with van der Waals surface area (Å²) in [5.41, 5.74) is 25.1. The van der Waals surface area contributed by atoms with Gasteiger partial charge in [-0.25, -0.2) is 69.7 Å². The average molecular weight is 1590 g/mol. The second kappa shape index (κ2) is 38.5. The number of guanidine groups is 3. The molecule has 0 amide bonds. The highest BCUT2D eigenvalue weighted by atomic mass is 31.2. The van der Waals surface area contributed by atoms with E-state index in [1.54, 1.807) is 36.6 Å². The number of hydrogen-bond acceptors (Lipinski definition) is 26. The molecule has 1 aliphatic carbocycles. The number of aryl methyl sites for hydroxylation is 10. The number of nitrogens with zero attached hydrogens (tertiary/aromatic N) is 25. The summed E-state index contributed by atoms with van der Waals surface area (Å²) in [4.78, 5) is 83.4. The third-order valence-electron chi connectivity index (χ3n) is 19.1. The lowest BCUT2D eigenvalue weighted by Crippen LogP contribution is -2.45. The van der Waals surface area contributed by atoms with Crippen LogP contribution >= 0.6 is 24.9 Å². The first-order valence-corrected chi connectivity index (χ1v) is 40.5. The number of hydrogen-bond donors (Lipinski definition) is 0. The van der Waals surface area contributed by atoms with Crippen LogP contribution in [-0.4, -0.2) is 130 Å². The van der Waals surface area contributed by atoms with E-state index in [0.717, 1.165) is 107 Å². The summed E-state index contributed by atoms with van der Waals surface area (Å²) in [6, 6.07) is 52.4. The van der Waals surface area contributed by atoms with Gasteiger partial charge in [-0.3, -0.25) is 19.9 Å². The summed E-state index contributed by atoms with van der Waals surface area (Å²) in [6.45, 7) is 34.5. The number of benzene rings is 5. The molecule has 1 atom stereocenters. The summed E-state index contributed by atoms with van der Waals surface area (Å²) in [7, 11) is 1.37. The molecule has 0 saturated carbocycles. The van der Waals surface area contributed by atoms with E-state index >= 15 is 0 Å². The van der Waals surface area contributed by atoms with Gasteiger partial charge in [-0.05, 0) is 186 Å². The zero-order chi connectivity index (χ0) is 81.9. The van der Waals surface area contributed by atoms with Gasteiger partial charge in [0.05, 0.1) is 45.9 Å². The van der Waals surface area contributed by atoms with Gasteiger partial charge < -0.3 is 4.42 Å². The van der Waals surface area contributed by atoms with Crippen molar-refractivity contribution in [3.05, 3.63) is 279 Å². The van der Waals surface area contributed by atoms with Crippen LogP contribution in [0.4, 0.5) is 0 Å². The van der Waals surface area contributed by atoms with Crippen LogP contribution in [0.1, 0.15) is 110 Å². The normalized spacial score (nSPS) is 13.0. The molecule has 10 aromatic heterocycles. The van der Waals surface area contributed by atoms with Crippen LogP contribution in [0.25, 0.3) is 90.5 Å². The summed E-state index contributed by atoms with van der Waals surface area (Å²) in [5, 5.41) is 9.78. The monoisotopic (exact) mass is 1590 g/mol. The van der Waals surface area contributed by atoms with E-state index in [4.69, 9.17) is 24.4 Å². The Morgan fingerprint density at radius 2 is 0.948 bits per heavy atom. The van der Waals surface area contributed by atoms with Crippen molar-refractivity contribution in [2.24, 2.45) is 36.6 Å². The molecule has 0 bridgehead atoms. The summed E-state index contributed by atoms with van der Waals surface area (Å²) < 4.78 is 17.6. The van der Waals surface area contributed by atoms with Crippen LogP contribution in [0, 0.1) is 96.9 Å². The zero-order valence-electron chi connectivity index (χ0n) is 67.6. The van der Waals surface area contributed by atoms with Gasteiger partial charge >= 0.3 is 17.0 Å². The lowest BCUT2D eigenvalue weighted by Gasteiger charge is -2.26. The Labute approximate surface area is 678 Å². The highest BCUT2D eigenvalue weighted by Gasteiger charge is 2.32. The summed E-state index contributed by atoms with van der Waals surface area (Å²) in [5.74, 6) is 7.56. The molecule has 0 radical (unpaired) electrons. The molecule has 3 aliphatic heterocycles. The first-order chi connectivity index (χ1) is 56.1. The third-order valence-corrected chi connectivity index (χ3v) is 22.5. The lowest BCUT2D eigenvalue weighted by molar-refractivity contribution is 0.638. The van der Waals surface area contributed by atoms with Crippen LogP contribution in [0.5, 0.6) is 0 Å². The van der Waals surface area contributed by atoms with Crippen LogP contribution in [0.3, 0.4) is 0 Å². The van der Waals surface area contributed by atoms with Crippen molar-refractivity contribution in [2.45, 2.75) is 117 Å². The molecule has 19 rings (SSSR count). The number of pyridine rings is 4. The number of aromatic nitrogens is 18. The van der Waals surface area contributed by atoms with Gasteiger partial charge in [-0.2, -0.15) is 15.1 Å². The topological polar surface area (TPSA) is 323 Å².